The van der Waals surface area contributed by atoms with E-state index in [-0.39, 0.29) is 0 Å². The van der Waals surface area contributed by atoms with Crippen LogP contribution >= 0.6 is 0 Å². The standard InChI is InChI=1S/C15H29N3/c1-5-6-7-8-9-10-14(16-3)12-15-11-13(2)17-18(15)4/h11,14,16H,5-10,12H2,1-4H3. The highest BCUT2D eigenvalue weighted by atomic mass is 15.3. The van der Waals surface area contributed by atoms with E-state index in [1.165, 1.54) is 44.2 Å². The molecule has 3 nitrogen and oxygen atoms in total. The van der Waals surface area contributed by atoms with E-state index in [1.807, 2.05) is 11.7 Å². The van der Waals surface area contributed by atoms with Crippen molar-refractivity contribution in [3.05, 3.63) is 17.5 Å². The van der Waals surface area contributed by atoms with Gasteiger partial charge < -0.3 is 5.32 Å². The summed E-state index contributed by atoms with van der Waals surface area (Å²) in [7, 11) is 4.11. The third-order valence-electron chi connectivity index (χ3n) is 3.62. The highest BCUT2D eigenvalue weighted by Gasteiger charge is 2.10. The van der Waals surface area contributed by atoms with Crippen LogP contribution < -0.4 is 5.32 Å². The molecule has 1 rings (SSSR count). The third-order valence-corrected chi connectivity index (χ3v) is 3.62. The van der Waals surface area contributed by atoms with Crippen LogP contribution in [0.3, 0.4) is 0 Å². The largest absolute Gasteiger partial charge is 0.317 e. The van der Waals surface area contributed by atoms with Gasteiger partial charge in [-0.25, -0.2) is 0 Å². The van der Waals surface area contributed by atoms with Crippen LogP contribution in [0.2, 0.25) is 0 Å². The lowest BCUT2D eigenvalue weighted by molar-refractivity contribution is 0.471. The molecule has 0 aliphatic carbocycles. The minimum absolute atomic E-state index is 0.585. The minimum atomic E-state index is 0.585. The number of hydrogen-bond acceptors (Lipinski definition) is 2. The van der Waals surface area contributed by atoms with Crippen LogP contribution in [0.15, 0.2) is 6.07 Å². The zero-order valence-corrected chi connectivity index (χ0v) is 12.5. The lowest BCUT2D eigenvalue weighted by Crippen LogP contribution is -2.28. The number of unbranched alkanes of at least 4 members (excludes halogenated alkanes) is 4. The maximum atomic E-state index is 4.41. The second kappa shape index (κ2) is 8.30. The first-order chi connectivity index (χ1) is 8.67. The predicted molar refractivity (Wildman–Crippen MR) is 77.9 cm³/mol. The average molecular weight is 251 g/mol. The van der Waals surface area contributed by atoms with E-state index < -0.39 is 0 Å². The maximum Gasteiger partial charge on any atom is 0.0596 e. The van der Waals surface area contributed by atoms with Crippen molar-refractivity contribution < 1.29 is 0 Å². The maximum absolute atomic E-state index is 4.41. The number of aromatic nitrogens is 2. The van der Waals surface area contributed by atoms with Gasteiger partial charge in [-0.1, -0.05) is 39.0 Å². The fourth-order valence-corrected chi connectivity index (χ4v) is 2.45. The highest BCUT2D eigenvalue weighted by Crippen LogP contribution is 2.12. The Kier molecular flexibility index (Phi) is 7.02. The van der Waals surface area contributed by atoms with Gasteiger partial charge in [-0.15, -0.1) is 0 Å². The van der Waals surface area contributed by atoms with Crippen LogP contribution in [0.5, 0.6) is 0 Å². The molecule has 0 amide bonds. The quantitative estimate of drug-likeness (QED) is 0.683. The molecular weight excluding hydrogens is 222 g/mol. The number of nitrogens with one attached hydrogen (secondary N) is 1. The Morgan fingerprint density at radius 2 is 2.00 bits per heavy atom. The van der Waals surface area contributed by atoms with Gasteiger partial charge in [0, 0.05) is 25.2 Å². The Labute approximate surface area is 112 Å². The summed E-state index contributed by atoms with van der Waals surface area (Å²) in [5, 5.41) is 7.84. The molecule has 0 saturated carbocycles. The molecule has 104 valence electrons. The van der Waals surface area contributed by atoms with Crippen molar-refractivity contribution in [1.29, 1.82) is 0 Å². The summed E-state index contributed by atoms with van der Waals surface area (Å²) < 4.78 is 2.01. The zero-order chi connectivity index (χ0) is 13.4. The van der Waals surface area contributed by atoms with Gasteiger partial charge in [0.2, 0.25) is 0 Å². The van der Waals surface area contributed by atoms with E-state index in [0.717, 1.165) is 12.1 Å². The van der Waals surface area contributed by atoms with Gasteiger partial charge in [-0.3, -0.25) is 4.68 Å². The molecule has 0 radical (unpaired) electrons. The van der Waals surface area contributed by atoms with Gasteiger partial charge in [0.1, 0.15) is 0 Å². The third kappa shape index (κ3) is 5.21. The first-order valence-corrected chi connectivity index (χ1v) is 7.34. The number of likely N-dealkylation sites (N-methyl/N-ethyl adjacent to an activating group) is 1. The Morgan fingerprint density at radius 1 is 1.28 bits per heavy atom. The van der Waals surface area contributed by atoms with E-state index in [2.05, 4.69) is 37.4 Å². The van der Waals surface area contributed by atoms with Crippen LogP contribution in [0.25, 0.3) is 0 Å². The molecule has 3 heteroatoms. The van der Waals surface area contributed by atoms with Crippen LogP contribution in [-0.2, 0) is 13.5 Å². The molecule has 1 aromatic rings. The molecule has 0 aliphatic rings. The Morgan fingerprint density at radius 3 is 2.56 bits per heavy atom. The van der Waals surface area contributed by atoms with Gasteiger partial charge in [-0.05, 0) is 26.5 Å². The predicted octanol–water partition coefficient (Wildman–Crippen LogP) is 3.22. The van der Waals surface area contributed by atoms with Crippen molar-refractivity contribution in [1.82, 2.24) is 15.1 Å². The van der Waals surface area contributed by atoms with Crippen molar-refractivity contribution in [3.8, 4) is 0 Å². The smallest absolute Gasteiger partial charge is 0.0596 e. The molecular formula is C15H29N3. The van der Waals surface area contributed by atoms with Crippen molar-refractivity contribution in [3.63, 3.8) is 0 Å². The van der Waals surface area contributed by atoms with Gasteiger partial charge in [0.05, 0.1) is 5.69 Å². The molecule has 0 saturated heterocycles. The van der Waals surface area contributed by atoms with Crippen LogP contribution in [0.4, 0.5) is 0 Å². The monoisotopic (exact) mass is 251 g/mol. The molecule has 1 aromatic heterocycles. The first-order valence-electron chi connectivity index (χ1n) is 7.34. The lowest BCUT2D eigenvalue weighted by atomic mass is 10.0. The van der Waals surface area contributed by atoms with Gasteiger partial charge in [0.25, 0.3) is 0 Å². The van der Waals surface area contributed by atoms with Gasteiger partial charge in [-0.2, -0.15) is 5.10 Å². The van der Waals surface area contributed by atoms with E-state index in [4.69, 9.17) is 0 Å². The van der Waals surface area contributed by atoms with Crippen LogP contribution in [0.1, 0.15) is 56.8 Å². The topological polar surface area (TPSA) is 29.9 Å². The van der Waals surface area contributed by atoms with Crippen molar-refractivity contribution in [2.45, 2.75) is 64.8 Å². The second-order valence-electron chi connectivity index (χ2n) is 5.29. The molecule has 18 heavy (non-hydrogen) atoms. The SMILES string of the molecule is CCCCCCCC(Cc1cc(C)nn1C)NC. The molecule has 1 atom stereocenters. The van der Waals surface area contributed by atoms with E-state index in [9.17, 15) is 0 Å². The first kappa shape index (κ1) is 15.2. The summed E-state index contributed by atoms with van der Waals surface area (Å²) in [6.45, 7) is 4.32. The summed E-state index contributed by atoms with van der Waals surface area (Å²) >= 11 is 0. The lowest BCUT2D eigenvalue weighted by Gasteiger charge is -2.16. The molecule has 0 fully saturated rings. The van der Waals surface area contributed by atoms with E-state index in [0.29, 0.717) is 6.04 Å². The van der Waals surface area contributed by atoms with Gasteiger partial charge >= 0.3 is 0 Å². The van der Waals surface area contributed by atoms with Crippen LogP contribution in [-0.4, -0.2) is 22.9 Å². The molecule has 1 unspecified atom stereocenters. The minimum Gasteiger partial charge on any atom is -0.317 e. The number of nitrogens with zero attached hydrogens (tertiary/aromatic N) is 2. The molecule has 0 aliphatic heterocycles. The number of aryl methyl sites for hydroxylation is 2. The van der Waals surface area contributed by atoms with E-state index in [1.54, 1.807) is 0 Å². The fraction of sp³-hybridized carbons (Fsp3) is 0.800. The number of rotatable bonds is 9. The van der Waals surface area contributed by atoms with Crippen molar-refractivity contribution in [2.24, 2.45) is 7.05 Å². The highest BCUT2D eigenvalue weighted by molar-refractivity contribution is 5.09. The second-order valence-corrected chi connectivity index (χ2v) is 5.29. The molecule has 0 spiro atoms. The molecule has 1 heterocycles. The summed E-state index contributed by atoms with van der Waals surface area (Å²) in [5.74, 6) is 0. The summed E-state index contributed by atoms with van der Waals surface area (Å²) in [6, 6.07) is 2.78. The van der Waals surface area contributed by atoms with E-state index >= 15 is 0 Å². The Hall–Kier alpha value is -0.830. The fourth-order valence-electron chi connectivity index (χ4n) is 2.45. The molecule has 0 bridgehead atoms. The summed E-state index contributed by atoms with van der Waals surface area (Å²) in [5.41, 5.74) is 2.45. The van der Waals surface area contributed by atoms with Crippen molar-refractivity contribution in [2.75, 3.05) is 7.05 Å². The zero-order valence-electron chi connectivity index (χ0n) is 12.5. The number of hydrogen-bond donors (Lipinski definition) is 1. The molecule has 0 aromatic carbocycles. The summed E-state index contributed by atoms with van der Waals surface area (Å²) in [4.78, 5) is 0. The van der Waals surface area contributed by atoms with Crippen LogP contribution in [0, 0.1) is 6.92 Å². The Bertz CT molecular complexity index is 330. The average Bonchev–Trinajstić information content (AvgIpc) is 2.66. The van der Waals surface area contributed by atoms with Crippen molar-refractivity contribution >= 4 is 0 Å². The normalized spacial score (nSPS) is 12.9. The Balaban J connectivity index is 2.31. The molecule has 1 N–H and O–H groups in total. The summed E-state index contributed by atoms with van der Waals surface area (Å²) in [6.07, 6.45) is 9.15. The van der Waals surface area contributed by atoms with Gasteiger partial charge in [0.15, 0.2) is 0 Å².